The van der Waals surface area contributed by atoms with Crippen LogP contribution < -0.4 is 4.74 Å². The van der Waals surface area contributed by atoms with Crippen molar-refractivity contribution < 1.29 is 4.74 Å². The van der Waals surface area contributed by atoms with Gasteiger partial charge in [0.25, 0.3) is 0 Å². The molecule has 0 aliphatic rings. The van der Waals surface area contributed by atoms with Gasteiger partial charge in [-0.15, -0.1) is 0 Å². The summed E-state index contributed by atoms with van der Waals surface area (Å²) in [4.78, 5) is 0. The summed E-state index contributed by atoms with van der Waals surface area (Å²) >= 11 is 18.6. The van der Waals surface area contributed by atoms with Crippen LogP contribution >= 0.6 is 34.8 Å². The van der Waals surface area contributed by atoms with E-state index in [1.54, 1.807) is 0 Å². The van der Waals surface area contributed by atoms with Gasteiger partial charge in [-0.05, 0) is 37.1 Å². The van der Waals surface area contributed by atoms with Crippen molar-refractivity contribution in [1.29, 1.82) is 0 Å². The Morgan fingerprint density at radius 3 is 1.81 bits per heavy atom. The van der Waals surface area contributed by atoms with Crippen LogP contribution in [0.15, 0.2) is 48.5 Å². The van der Waals surface area contributed by atoms with Crippen LogP contribution in [0.2, 0.25) is 0 Å². The zero-order chi connectivity index (χ0) is 15.5. The lowest BCUT2D eigenvalue weighted by molar-refractivity contribution is 0.340. The molecule has 2 rings (SSSR count). The van der Waals surface area contributed by atoms with Crippen molar-refractivity contribution in [2.45, 2.75) is 23.6 Å². The Morgan fingerprint density at radius 1 is 0.905 bits per heavy atom. The van der Waals surface area contributed by atoms with Gasteiger partial charge in [0.2, 0.25) is 3.79 Å². The molecule has 0 bridgehead atoms. The average molecular weight is 344 g/mol. The average Bonchev–Trinajstić information content (AvgIpc) is 2.42. The zero-order valence-corrected chi connectivity index (χ0v) is 14.2. The maximum atomic E-state index is 6.21. The minimum Gasteiger partial charge on any atom is -0.494 e. The highest BCUT2D eigenvalue weighted by Gasteiger charge is 2.35. The molecule has 2 aromatic rings. The summed E-state index contributed by atoms with van der Waals surface area (Å²) in [5, 5.41) is 0. The number of halogens is 3. The fourth-order valence-electron chi connectivity index (χ4n) is 2.25. The summed E-state index contributed by atoms with van der Waals surface area (Å²) in [7, 11) is 0. The topological polar surface area (TPSA) is 9.23 Å². The molecular formula is C17H17Cl3O. The Hall–Kier alpha value is -0.890. The van der Waals surface area contributed by atoms with E-state index in [-0.39, 0.29) is 5.92 Å². The van der Waals surface area contributed by atoms with Crippen molar-refractivity contribution >= 4 is 34.8 Å². The van der Waals surface area contributed by atoms with E-state index in [2.05, 4.69) is 0 Å². The van der Waals surface area contributed by atoms with E-state index < -0.39 is 3.79 Å². The van der Waals surface area contributed by atoms with E-state index in [9.17, 15) is 0 Å². The van der Waals surface area contributed by atoms with Gasteiger partial charge in [-0.2, -0.15) is 0 Å². The van der Waals surface area contributed by atoms with Crippen molar-refractivity contribution in [1.82, 2.24) is 0 Å². The van der Waals surface area contributed by atoms with Crippen LogP contribution in [-0.4, -0.2) is 10.4 Å². The van der Waals surface area contributed by atoms with Crippen LogP contribution in [-0.2, 0) is 0 Å². The molecule has 0 saturated carbocycles. The number of rotatable bonds is 4. The van der Waals surface area contributed by atoms with E-state index in [4.69, 9.17) is 39.5 Å². The zero-order valence-electron chi connectivity index (χ0n) is 11.9. The van der Waals surface area contributed by atoms with Gasteiger partial charge >= 0.3 is 0 Å². The molecule has 1 nitrogen and oxygen atoms in total. The van der Waals surface area contributed by atoms with Crippen LogP contribution in [0.4, 0.5) is 0 Å². The molecule has 0 heterocycles. The van der Waals surface area contributed by atoms with Gasteiger partial charge in [-0.1, -0.05) is 76.8 Å². The third kappa shape index (κ3) is 4.29. The van der Waals surface area contributed by atoms with Gasteiger partial charge in [0.15, 0.2) is 0 Å². The highest BCUT2D eigenvalue weighted by molar-refractivity contribution is 6.68. The second-order valence-corrected chi connectivity index (χ2v) is 7.26. The smallest absolute Gasteiger partial charge is 0.201 e. The minimum atomic E-state index is -1.41. The van der Waals surface area contributed by atoms with Gasteiger partial charge in [0.1, 0.15) is 5.75 Å². The van der Waals surface area contributed by atoms with E-state index >= 15 is 0 Å². The monoisotopic (exact) mass is 342 g/mol. The summed E-state index contributed by atoms with van der Waals surface area (Å²) in [6.45, 7) is 4.61. The molecule has 0 fully saturated rings. The number of alkyl halides is 3. The predicted octanol–water partition coefficient (Wildman–Crippen LogP) is 5.90. The molecule has 0 amide bonds. The summed E-state index contributed by atoms with van der Waals surface area (Å²) in [6.07, 6.45) is 0. The Balaban J connectivity index is 2.38. The van der Waals surface area contributed by atoms with Gasteiger partial charge in [0, 0.05) is 0 Å². The lowest BCUT2D eigenvalue weighted by atomic mass is 9.92. The quantitative estimate of drug-likeness (QED) is 0.628. The van der Waals surface area contributed by atoms with Crippen LogP contribution in [0, 0.1) is 6.92 Å². The second kappa shape index (κ2) is 6.91. The SMILES string of the molecule is CCOc1ccc([C@H](c2ccc(C)cc2)C(Cl)(Cl)Cl)cc1. The Kier molecular flexibility index (Phi) is 5.43. The molecule has 1 atom stereocenters. The number of aryl methyl sites for hydroxylation is 1. The number of hydrogen-bond donors (Lipinski definition) is 0. The summed E-state index contributed by atoms with van der Waals surface area (Å²) in [6, 6.07) is 15.7. The maximum absolute atomic E-state index is 6.21. The predicted molar refractivity (Wildman–Crippen MR) is 90.9 cm³/mol. The summed E-state index contributed by atoms with van der Waals surface area (Å²) in [5.41, 5.74) is 3.10. The lowest BCUT2D eigenvalue weighted by Gasteiger charge is -2.25. The molecule has 2 aromatic carbocycles. The van der Waals surface area contributed by atoms with Crippen LogP contribution in [0.1, 0.15) is 29.5 Å². The van der Waals surface area contributed by atoms with Gasteiger partial charge in [-0.3, -0.25) is 0 Å². The third-order valence-electron chi connectivity index (χ3n) is 3.26. The molecular weight excluding hydrogens is 327 g/mol. The normalized spacial score (nSPS) is 13.0. The van der Waals surface area contributed by atoms with E-state index in [1.165, 1.54) is 5.56 Å². The first-order valence-corrected chi connectivity index (χ1v) is 7.91. The highest BCUT2D eigenvalue weighted by atomic mass is 35.6. The van der Waals surface area contributed by atoms with Crippen molar-refractivity contribution in [3.05, 3.63) is 65.2 Å². The molecule has 0 radical (unpaired) electrons. The van der Waals surface area contributed by atoms with Crippen molar-refractivity contribution in [3.8, 4) is 5.75 Å². The van der Waals surface area contributed by atoms with Crippen LogP contribution in [0.5, 0.6) is 5.75 Å². The van der Waals surface area contributed by atoms with E-state index in [1.807, 2.05) is 62.4 Å². The number of hydrogen-bond acceptors (Lipinski definition) is 1. The standard InChI is InChI=1S/C17H17Cl3O/c1-3-21-15-10-8-14(9-11-15)16(17(18,19)20)13-6-4-12(2)5-7-13/h4-11,16H,3H2,1-2H3/t16-/m0/s1. The summed E-state index contributed by atoms with van der Waals surface area (Å²) in [5.74, 6) is 0.493. The first-order valence-electron chi connectivity index (χ1n) is 6.78. The Labute approximate surface area is 140 Å². The van der Waals surface area contributed by atoms with Crippen molar-refractivity contribution in [3.63, 3.8) is 0 Å². The van der Waals surface area contributed by atoms with Crippen LogP contribution in [0.25, 0.3) is 0 Å². The van der Waals surface area contributed by atoms with E-state index in [0.717, 1.165) is 16.9 Å². The largest absolute Gasteiger partial charge is 0.494 e. The fourth-order valence-corrected chi connectivity index (χ4v) is 3.01. The maximum Gasteiger partial charge on any atom is 0.201 e. The number of ether oxygens (including phenoxy) is 1. The molecule has 21 heavy (non-hydrogen) atoms. The first kappa shape index (κ1) is 16.5. The molecule has 0 aromatic heterocycles. The molecule has 4 heteroatoms. The summed E-state index contributed by atoms with van der Waals surface area (Å²) < 4.78 is 4.03. The molecule has 0 N–H and O–H groups in total. The lowest BCUT2D eigenvalue weighted by Crippen LogP contribution is -2.18. The molecule has 0 spiro atoms. The van der Waals surface area contributed by atoms with Gasteiger partial charge in [0.05, 0.1) is 12.5 Å². The molecule has 0 unspecified atom stereocenters. The second-order valence-electron chi connectivity index (χ2n) is 4.89. The van der Waals surface area contributed by atoms with Crippen LogP contribution in [0.3, 0.4) is 0 Å². The van der Waals surface area contributed by atoms with Crippen molar-refractivity contribution in [2.75, 3.05) is 6.61 Å². The number of benzene rings is 2. The highest BCUT2D eigenvalue weighted by Crippen LogP contribution is 2.45. The van der Waals surface area contributed by atoms with Crippen molar-refractivity contribution in [2.24, 2.45) is 0 Å². The molecule has 112 valence electrons. The first-order chi connectivity index (χ1) is 9.91. The minimum absolute atomic E-state index is 0.321. The third-order valence-corrected chi connectivity index (χ3v) is 3.92. The Bertz CT molecular complexity index is 570. The fraction of sp³-hybridized carbons (Fsp3) is 0.294. The molecule has 0 aliphatic carbocycles. The van der Waals surface area contributed by atoms with E-state index in [0.29, 0.717) is 6.61 Å². The Morgan fingerprint density at radius 2 is 1.38 bits per heavy atom. The molecule has 0 saturated heterocycles. The van der Waals surface area contributed by atoms with Gasteiger partial charge < -0.3 is 4.74 Å². The molecule has 0 aliphatic heterocycles. The van der Waals surface area contributed by atoms with Gasteiger partial charge in [-0.25, -0.2) is 0 Å².